The summed E-state index contributed by atoms with van der Waals surface area (Å²) < 4.78 is 5.02. The standard InChI is InChI=1S/C11H14O2/c1-8(9(2)12)10-4-6-11(13-3)7-5-10/h4-8H,1-3H3. The van der Waals surface area contributed by atoms with Gasteiger partial charge in [-0.05, 0) is 24.6 Å². The molecule has 0 amide bonds. The van der Waals surface area contributed by atoms with Crippen LogP contribution in [0.1, 0.15) is 25.3 Å². The summed E-state index contributed by atoms with van der Waals surface area (Å²) in [6, 6.07) is 7.58. The van der Waals surface area contributed by atoms with Crippen molar-refractivity contribution in [3.63, 3.8) is 0 Å². The molecular formula is C11H14O2. The van der Waals surface area contributed by atoms with Crippen LogP contribution in [0.25, 0.3) is 0 Å². The topological polar surface area (TPSA) is 26.3 Å². The molecule has 0 saturated heterocycles. The Morgan fingerprint density at radius 2 is 1.85 bits per heavy atom. The van der Waals surface area contributed by atoms with E-state index < -0.39 is 0 Å². The monoisotopic (exact) mass is 178 g/mol. The number of hydrogen-bond acceptors (Lipinski definition) is 2. The highest BCUT2D eigenvalue weighted by atomic mass is 16.5. The van der Waals surface area contributed by atoms with E-state index in [1.54, 1.807) is 14.0 Å². The molecule has 70 valence electrons. The summed E-state index contributed by atoms with van der Waals surface area (Å²) in [6.07, 6.45) is 0. The molecule has 2 heteroatoms. The molecule has 0 radical (unpaired) electrons. The maximum atomic E-state index is 11.1. The summed E-state index contributed by atoms with van der Waals surface area (Å²) in [4.78, 5) is 11.1. The van der Waals surface area contributed by atoms with Crippen LogP contribution >= 0.6 is 0 Å². The quantitative estimate of drug-likeness (QED) is 0.710. The second-order valence-corrected chi connectivity index (χ2v) is 3.11. The van der Waals surface area contributed by atoms with Crippen LogP contribution in [0.3, 0.4) is 0 Å². The molecule has 0 saturated carbocycles. The van der Waals surface area contributed by atoms with E-state index in [1.165, 1.54) is 0 Å². The van der Waals surface area contributed by atoms with E-state index in [0.717, 1.165) is 11.3 Å². The molecule has 0 spiro atoms. The average Bonchev–Trinajstić information content (AvgIpc) is 2.17. The van der Waals surface area contributed by atoms with Gasteiger partial charge in [0.15, 0.2) is 0 Å². The number of Topliss-reactive ketones (excluding diaryl/α,β-unsaturated/α-hetero) is 1. The van der Waals surface area contributed by atoms with Gasteiger partial charge in [-0.3, -0.25) is 4.79 Å². The predicted octanol–water partition coefficient (Wildman–Crippen LogP) is 2.39. The highest BCUT2D eigenvalue weighted by Gasteiger charge is 2.09. The number of ketones is 1. The SMILES string of the molecule is COc1ccc(C(C)C(C)=O)cc1. The summed E-state index contributed by atoms with van der Waals surface area (Å²) >= 11 is 0. The molecule has 13 heavy (non-hydrogen) atoms. The molecule has 0 N–H and O–H groups in total. The molecule has 0 aliphatic carbocycles. The summed E-state index contributed by atoms with van der Waals surface area (Å²) in [5, 5.41) is 0. The Labute approximate surface area is 78.5 Å². The molecule has 1 rings (SSSR count). The lowest BCUT2D eigenvalue weighted by Gasteiger charge is -2.08. The first-order chi connectivity index (χ1) is 6.15. The molecular weight excluding hydrogens is 164 g/mol. The van der Waals surface area contributed by atoms with Crippen LogP contribution < -0.4 is 4.74 Å². The number of ether oxygens (including phenoxy) is 1. The van der Waals surface area contributed by atoms with Gasteiger partial charge in [0.25, 0.3) is 0 Å². The van der Waals surface area contributed by atoms with Crippen molar-refractivity contribution in [3.05, 3.63) is 29.8 Å². The Balaban J connectivity index is 2.85. The fraction of sp³-hybridized carbons (Fsp3) is 0.364. The Morgan fingerprint density at radius 3 is 2.23 bits per heavy atom. The fourth-order valence-electron chi connectivity index (χ4n) is 1.13. The minimum absolute atomic E-state index is 0.0223. The highest BCUT2D eigenvalue weighted by Crippen LogP contribution is 2.19. The van der Waals surface area contributed by atoms with Crippen molar-refractivity contribution < 1.29 is 9.53 Å². The number of carbonyl (C=O) groups excluding carboxylic acids is 1. The molecule has 0 aromatic heterocycles. The largest absolute Gasteiger partial charge is 0.497 e. The van der Waals surface area contributed by atoms with Crippen LogP contribution in [0.2, 0.25) is 0 Å². The summed E-state index contributed by atoms with van der Waals surface area (Å²) in [5.74, 6) is 0.982. The zero-order chi connectivity index (χ0) is 9.84. The van der Waals surface area contributed by atoms with Crippen molar-refractivity contribution in [2.24, 2.45) is 0 Å². The average molecular weight is 178 g/mol. The normalized spacial score (nSPS) is 12.2. The third-order valence-corrected chi connectivity index (χ3v) is 2.23. The third kappa shape index (κ3) is 2.31. The number of carbonyl (C=O) groups is 1. The van der Waals surface area contributed by atoms with E-state index >= 15 is 0 Å². The molecule has 1 aromatic carbocycles. The van der Waals surface area contributed by atoms with E-state index in [1.807, 2.05) is 31.2 Å². The van der Waals surface area contributed by atoms with E-state index in [4.69, 9.17) is 4.74 Å². The first-order valence-electron chi connectivity index (χ1n) is 4.29. The van der Waals surface area contributed by atoms with Crippen molar-refractivity contribution in [2.75, 3.05) is 7.11 Å². The number of rotatable bonds is 3. The Bertz CT molecular complexity index is 287. The van der Waals surface area contributed by atoms with Crippen LogP contribution in [0.15, 0.2) is 24.3 Å². The molecule has 0 aliphatic heterocycles. The lowest BCUT2D eigenvalue weighted by molar-refractivity contribution is -0.118. The maximum absolute atomic E-state index is 11.1. The molecule has 0 bridgehead atoms. The van der Waals surface area contributed by atoms with Crippen molar-refractivity contribution >= 4 is 5.78 Å². The van der Waals surface area contributed by atoms with Crippen LogP contribution in [0, 0.1) is 0 Å². The zero-order valence-corrected chi connectivity index (χ0v) is 8.20. The zero-order valence-electron chi connectivity index (χ0n) is 8.20. The van der Waals surface area contributed by atoms with Crippen LogP contribution in [0.4, 0.5) is 0 Å². The van der Waals surface area contributed by atoms with Gasteiger partial charge in [0.1, 0.15) is 11.5 Å². The highest BCUT2D eigenvalue weighted by molar-refractivity contribution is 5.82. The lowest BCUT2D eigenvalue weighted by atomic mass is 9.98. The third-order valence-electron chi connectivity index (χ3n) is 2.23. The summed E-state index contributed by atoms with van der Waals surface area (Å²) in [6.45, 7) is 3.51. The Hall–Kier alpha value is -1.31. The maximum Gasteiger partial charge on any atom is 0.136 e. The molecule has 1 unspecified atom stereocenters. The van der Waals surface area contributed by atoms with Gasteiger partial charge >= 0.3 is 0 Å². The first-order valence-corrected chi connectivity index (χ1v) is 4.29. The first kappa shape index (κ1) is 9.78. The van der Waals surface area contributed by atoms with Gasteiger partial charge in [0.05, 0.1) is 7.11 Å². The minimum Gasteiger partial charge on any atom is -0.497 e. The van der Waals surface area contributed by atoms with Gasteiger partial charge in [0, 0.05) is 5.92 Å². The van der Waals surface area contributed by atoms with Gasteiger partial charge in [-0.1, -0.05) is 19.1 Å². The molecule has 0 heterocycles. The second kappa shape index (κ2) is 4.08. The lowest BCUT2D eigenvalue weighted by Crippen LogP contribution is -2.03. The van der Waals surface area contributed by atoms with Gasteiger partial charge in [-0.25, -0.2) is 0 Å². The van der Waals surface area contributed by atoms with Gasteiger partial charge < -0.3 is 4.74 Å². The van der Waals surface area contributed by atoms with Crippen LogP contribution in [0.5, 0.6) is 5.75 Å². The van der Waals surface area contributed by atoms with Crippen molar-refractivity contribution in [1.29, 1.82) is 0 Å². The van der Waals surface area contributed by atoms with E-state index in [-0.39, 0.29) is 11.7 Å². The van der Waals surface area contributed by atoms with Gasteiger partial charge in [0.2, 0.25) is 0 Å². The fourth-order valence-corrected chi connectivity index (χ4v) is 1.13. The predicted molar refractivity (Wildman–Crippen MR) is 52.1 cm³/mol. The van der Waals surface area contributed by atoms with Crippen molar-refractivity contribution in [2.45, 2.75) is 19.8 Å². The number of methoxy groups -OCH3 is 1. The Kier molecular flexibility index (Phi) is 3.07. The van der Waals surface area contributed by atoms with Crippen LogP contribution in [-0.2, 0) is 4.79 Å². The van der Waals surface area contributed by atoms with E-state index in [2.05, 4.69) is 0 Å². The number of hydrogen-bond donors (Lipinski definition) is 0. The molecule has 1 atom stereocenters. The molecule has 1 aromatic rings. The minimum atomic E-state index is -0.0223. The summed E-state index contributed by atoms with van der Waals surface area (Å²) in [7, 11) is 1.63. The van der Waals surface area contributed by atoms with E-state index in [0.29, 0.717) is 0 Å². The Morgan fingerprint density at radius 1 is 1.31 bits per heavy atom. The van der Waals surface area contributed by atoms with E-state index in [9.17, 15) is 4.79 Å². The smallest absolute Gasteiger partial charge is 0.136 e. The van der Waals surface area contributed by atoms with Crippen molar-refractivity contribution in [1.82, 2.24) is 0 Å². The van der Waals surface area contributed by atoms with Gasteiger partial charge in [-0.2, -0.15) is 0 Å². The molecule has 0 fully saturated rings. The summed E-state index contributed by atoms with van der Waals surface area (Å²) in [5.41, 5.74) is 1.04. The molecule has 0 aliphatic rings. The molecule has 2 nitrogen and oxygen atoms in total. The van der Waals surface area contributed by atoms with Crippen LogP contribution in [-0.4, -0.2) is 12.9 Å². The second-order valence-electron chi connectivity index (χ2n) is 3.11. The number of benzene rings is 1. The van der Waals surface area contributed by atoms with Crippen molar-refractivity contribution in [3.8, 4) is 5.75 Å². The van der Waals surface area contributed by atoms with Gasteiger partial charge in [-0.15, -0.1) is 0 Å².